The second kappa shape index (κ2) is 22.7. The topological polar surface area (TPSA) is 68.1 Å². The molecular formula is C33H55N3O2S4. The maximum atomic E-state index is 10.4. The molecule has 0 unspecified atom stereocenters. The normalized spacial score (nSPS) is 11.7. The Kier molecular flexibility index (Phi) is 20.2. The maximum absolute atomic E-state index is 10.4. The second-order valence-electron chi connectivity index (χ2n) is 11.7. The number of ether oxygens (including phenoxy) is 1. The van der Waals surface area contributed by atoms with E-state index in [9.17, 15) is 5.11 Å². The first-order valence-electron chi connectivity index (χ1n) is 16.0. The van der Waals surface area contributed by atoms with E-state index < -0.39 is 0 Å². The smallest absolute Gasteiger partial charge is 0.327 e. The summed E-state index contributed by atoms with van der Waals surface area (Å²) in [5.74, 6) is 7.47. The van der Waals surface area contributed by atoms with E-state index in [2.05, 4.69) is 44.6 Å². The van der Waals surface area contributed by atoms with E-state index in [1.165, 1.54) is 88.6 Å². The molecule has 0 fully saturated rings. The van der Waals surface area contributed by atoms with Gasteiger partial charge in [0, 0.05) is 28.6 Å². The van der Waals surface area contributed by atoms with Crippen LogP contribution in [0, 0.1) is 0 Å². The Morgan fingerprint density at radius 3 is 1.64 bits per heavy atom. The van der Waals surface area contributed by atoms with Gasteiger partial charge in [-0.1, -0.05) is 122 Å². The first-order valence-corrected chi connectivity index (χ1v) is 20.3. The van der Waals surface area contributed by atoms with E-state index in [0.29, 0.717) is 11.8 Å². The summed E-state index contributed by atoms with van der Waals surface area (Å²) >= 11 is 7.41. The van der Waals surface area contributed by atoms with Gasteiger partial charge in [-0.25, -0.2) is 0 Å². The summed E-state index contributed by atoms with van der Waals surface area (Å²) in [6.45, 7) is 10.8. The van der Waals surface area contributed by atoms with E-state index in [0.717, 1.165) is 38.9 Å². The van der Waals surface area contributed by atoms with Gasteiger partial charge in [-0.05, 0) is 48.0 Å². The monoisotopic (exact) mass is 653 g/mol. The number of hydrogen-bond donors (Lipinski definition) is 1. The van der Waals surface area contributed by atoms with Crippen LogP contribution in [0.1, 0.15) is 117 Å². The zero-order valence-corrected chi connectivity index (χ0v) is 30.1. The Morgan fingerprint density at radius 2 is 1.14 bits per heavy atom. The fourth-order valence-corrected chi connectivity index (χ4v) is 8.18. The molecule has 9 heteroatoms. The number of unbranched alkanes of at least 4 members (excludes halogenated alkanes) is 10. The molecule has 0 saturated carbocycles. The highest BCUT2D eigenvalue weighted by atomic mass is 32.2. The van der Waals surface area contributed by atoms with Crippen LogP contribution in [-0.2, 0) is 5.41 Å². The standard InChI is InChI=1S/C33H55N3O2S4/c1-6-8-10-12-14-16-20-39-22-24-41-31-34-30(38-27-18-19-29(37)28(26-27)33(3,4)5)35-32(36-31)42-25-23-40-21-17-15-13-11-9-7-2/h18-19,26,37H,6-17,20-25H2,1-5H3. The summed E-state index contributed by atoms with van der Waals surface area (Å²) in [7, 11) is 0. The third kappa shape index (κ3) is 16.9. The van der Waals surface area contributed by atoms with E-state index >= 15 is 0 Å². The van der Waals surface area contributed by atoms with Crippen LogP contribution in [0.15, 0.2) is 28.5 Å². The van der Waals surface area contributed by atoms with Crippen molar-refractivity contribution in [2.75, 3.05) is 34.5 Å². The van der Waals surface area contributed by atoms with Gasteiger partial charge >= 0.3 is 6.01 Å². The average Bonchev–Trinajstić information content (AvgIpc) is 2.95. The number of nitrogens with zero attached hydrogens (tertiary/aromatic N) is 3. The van der Waals surface area contributed by atoms with Gasteiger partial charge < -0.3 is 9.84 Å². The molecule has 42 heavy (non-hydrogen) atoms. The van der Waals surface area contributed by atoms with Crippen LogP contribution in [-0.4, -0.2) is 54.6 Å². The van der Waals surface area contributed by atoms with Crippen LogP contribution in [0.25, 0.3) is 0 Å². The lowest BCUT2D eigenvalue weighted by Crippen LogP contribution is -2.11. The summed E-state index contributed by atoms with van der Waals surface area (Å²) in [5.41, 5.74) is 0.633. The second-order valence-corrected chi connectivity index (χ2v) is 16.2. The number of benzene rings is 1. The largest absolute Gasteiger partial charge is 0.508 e. The van der Waals surface area contributed by atoms with Crippen LogP contribution >= 0.6 is 47.0 Å². The minimum atomic E-state index is -0.203. The Morgan fingerprint density at radius 1 is 0.643 bits per heavy atom. The summed E-state index contributed by atoms with van der Waals surface area (Å²) in [6.07, 6.45) is 16.1. The lowest BCUT2D eigenvalue weighted by Gasteiger charge is -2.21. The van der Waals surface area contributed by atoms with Gasteiger partial charge in [-0.3, -0.25) is 0 Å². The molecule has 0 aliphatic rings. The Hall–Kier alpha value is -0.770. The van der Waals surface area contributed by atoms with E-state index in [4.69, 9.17) is 9.72 Å². The van der Waals surface area contributed by atoms with Crippen LogP contribution < -0.4 is 4.74 Å². The first kappa shape index (κ1) is 37.4. The summed E-state index contributed by atoms with van der Waals surface area (Å²) in [5, 5.41) is 11.8. The molecule has 1 aromatic heterocycles. The average molecular weight is 654 g/mol. The van der Waals surface area contributed by atoms with Crippen molar-refractivity contribution in [1.82, 2.24) is 15.0 Å². The number of rotatable bonds is 24. The lowest BCUT2D eigenvalue weighted by atomic mass is 9.86. The quantitative estimate of drug-likeness (QED) is 0.0880. The third-order valence-corrected chi connectivity index (χ3v) is 11.1. The van der Waals surface area contributed by atoms with E-state index in [1.807, 2.05) is 29.6 Å². The SMILES string of the molecule is CCCCCCCCSCCSc1nc(Oc2ccc(O)c(C(C)(C)C)c2)nc(SCCSCCCCCCCC)n1. The van der Waals surface area contributed by atoms with Gasteiger partial charge in [0.15, 0.2) is 10.3 Å². The van der Waals surface area contributed by atoms with E-state index in [1.54, 1.807) is 35.7 Å². The molecule has 1 heterocycles. The Balaban J connectivity index is 1.90. The van der Waals surface area contributed by atoms with E-state index in [-0.39, 0.29) is 11.2 Å². The van der Waals surface area contributed by atoms with Gasteiger partial charge in [0.2, 0.25) is 0 Å². The molecule has 0 spiro atoms. The zero-order chi connectivity index (χ0) is 30.5. The molecule has 5 nitrogen and oxygen atoms in total. The molecule has 2 aromatic rings. The summed E-state index contributed by atoms with van der Waals surface area (Å²) < 4.78 is 6.14. The van der Waals surface area contributed by atoms with Crippen molar-refractivity contribution in [2.24, 2.45) is 0 Å². The molecule has 1 N–H and O–H groups in total. The van der Waals surface area contributed by atoms with Crippen molar-refractivity contribution >= 4 is 47.0 Å². The number of thioether (sulfide) groups is 4. The van der Waals surface area contributed by atoms with Gasteiger partial charge in [-0.2, -0.15) is 38.5 Å². The van der Waals surface area contributed by atoms with Crippen LogP contribution in [0.5, 0.6) is 17.5 Å². The van der Waals surface area contributed by atoms with Crippen LogP contribution in [0.4, 0.5) is 0 Å². The van der Waals surface area contributed by atoms with Gasteiger partial charge in [-0.15, -0.1) is 0 Å². The molecule has 0 bridgehead atoms. The van der Waals surface area contributed by atoms with Gasteiger partial charge in [0.05, 0.1) is 0 Å². The minimum Gasteiger partial charge on any atom is -0.508 e. The summed E-state index contributed by atoms with van der Waals surface area (Å²) in [6, 6.07) is 5.66. The van der Waals surface area contributed by atoms with Crippen molar-refractivity contribution in [3.05, 3.63) is 23.8 Å². The predicted molar refractivity (Wildman–Crippen MR) is 190 cm³/mol. The zero-order valence-electron chi connectivity index (χ0n) is 26.8. The molecule has 0 amide bonds. The minimum absolute atomic E-state index is 0.203. The molecule has 0 radical (unpaired) electrons. The first-order chi connectivity index (χ1) is 20.3. The van der Waals surface area contributed by atoms with Crippen molar-refractivity contribution in [3.63, 3.8) is 0 Å². The fraction of sp³-hybridized carbons (Fsp3) is 0.727. The van der Waals surface area contributed by atoms with Gasteiger partial charge in [0.25, 0.3) is 0 Å². The number of phenols is 1. The van der Waals surface area contributed by atoms with Gasteiger partial charge in [0.1, 0.15) is 11.5 Å². The predicted octanol–water partition coefficient (Wildman–Crippen LogP) is 11.0. The molecule has 0 aliphatic heterocycles. The van der Waals surface area contributed by atoms with Crippen molar-refractivity contribution in [1.29, 1.82) is 0 Å². The molecule has 238 valence electrons. The third-order valence-electron chi connectivity index (χ3n) is 6.76. The molecule has 0 saturated heterocycles. The molecular weight excluding hydrogens is 599 g/mol. The molecule has 1 aromatic carbocycles. The Bertz CT molecular complexity index is 946. The highest BCUT2D eigenvalue weighted by Crippen LogP contribution is 2.35. The highest BCUT2D eigenvalue weighted by molar-refractivity contribution is 8.03. The summed E-state index contributed by atoms with van der Waals surface area (Å²) in [4.78, 5) is 14.1. The molecule has 0 aliphatic carbocycles. The van der Waals surface area contributed by atoms with Crippen LogP contribution in [0.3, 0.4) is 0 Å². The van der Waals surface area contributed by atoms with Crippen molar-refractivity contribution in [3.8, 4) is 17.5 Å². The fourth-order valence-electron chi connectivity index (χ4n) is 4.34. The molecule has 0 atom stereocenters. The number of hydrogen-bond acceptors (Lipinski definition) is 9. The lowest BCUT2D eigenvalue weighted by molar-refractivity contribution is 0.413. The number of phenolic OH excluding ortho intramolecular Hbond substituents is 1. The number of aromatic nitrogens is 3. The number of aromatic hydroxyl groups is 1. The van der Waals surface area contributed by atoms with Crippen LogP contribution in [0.2, 0.25) is 0 Å². The van der Waals surface area contributed by atoms with Crippen molar-refractivity contribution in [2.45, 2.75) is 127 Å². The molecule has 2 rings (SSSR count). The Labute approximate surface area is 273 Å². The highest BCUT2D eigenvalue weighted by Gasteiger charge is 2.19. The maximum Gasteiger partial charge on any atom is 0.327 e. The van der Waals surface area contributed by atoms with Crippen molar-refractivity contribution < 1.29 is 9.84 Å².